The second kappa shape index (κ2) is 5.65. The highest BCUT2D eigenvalue weighted by molar-refractivity contribution is 7.80. The number of rotatable bonds is 3. The number of hydrogen-bond acceptors (Lipinski definition) is 4. The van der Waals surface area contributed by atoms with E-state index < -0.39 is 0 Å². The van der Waals surface area contributed by atoms with Crippen LogP contribution in [0.25, 0.3) is 0 Å². The minimum absolute atomic E-state index is 0.176. The van der Waals surface area contributed by atoms with Gasteiger partial charge in [0, 0.05) is 22.0 Å². The summed E-state index contributed by atoms with van der Waals surface area (Å²) in [6, 6.07) is 6.79. The van der Waals surface area contributed by atoms with Crippen LogP contribution in [-0.4, -0.2) is 13.0 Å². The summed E-state index contributed by atoms with van der Waals surface area (Å²) < 4.78 is 5.08. The zero-order valence-corrected chi connectivity index (χ0v) is 11.9. The van der Waals surface area contributed by atoms with Gasteiger partial charge in [-0.25, -0.2) is 0 Å². The van der Waals surface area contributed by atoms with E-state index in [4.69, 9.17) is 16.3 Å². The van der Waals surface area contributed by atoms with Gasteiger partial charge in [-0.05, 0) is 18.2 Å². The standard InChI is InChI=1S/C12H10ClNO2S2/c1-16-10-4-7(2-3-9(10)13)14-12(15)11-5-8(17)6-18-11/h2-6,17H,1H3,(H,14,15). The van der Waals surface area contributed by atoms with Crippen LogP contribution in [0.15, 0.2) is 34.5 Å². The molecule has 1 heterocycles. The molecule has 1 aromatic heterocycles. The van der Waals surface area contributed by atoms with E-state index in [0.717, 1.165) is 4.90 Å². The first-order valence-corrected chi connectivity index (χ1v) is 6.73. The molecule has 6 heteroatoms. The average molecular weight is 300 g/mol. The first kappa shape index (κ1) is 13.3. The van der Waals surface area contributed by atoms with Gasteiger partial charge in [0.25, 0.3) is 5.91 Å². The molecule has 1 amide bonds. The molecule has 0 bridgehead atoms. The number of amides is 1. The fourth-order valence-electron chi connectivity index (χ4n) is 1.38. The maximum atomic E-state index is 11.9. The molecule has 2 aromatic rings. The maximum Gasteiger partial charge on any atom is 0.265 e. The minimum Gasteiger partial charge on any atom is -0.495 e. The third-order valence-electron chi connectivity index (χ3n) is 2.22. The van der Waals surface area contributed by atoms with Gasteiger partial charge in [-0.15, -0.1) is 24.0 Å². The van der Waals surface area contributed by atoms with Crippen molar-refractivity contribution in [3.8, 4) is 5.75 Å². The van der Waals surface area contributed by atoms with Crippen molar-refractivity contribution in [3.05, 3.63) is 39.5 Å². The molecule has 0 unspecified atom stereocenters. The Hall–Kier alpha value is -1.17. The Labute approximate surface area is 119 Å². The lowest BCUT2D eigenvalue weighted by Crippen LogP contribution is -2.10. The van der Waals surface area contributed by atoms with Crippen molar-refractivity contribution in [3.63, 3.8) is 0 Å². The van der Waals surface area contributed by atoms with Crippen molar-refractivity contribution in [2.45, 2.75) is 4.90 Å². The summed E-state index contributed by atoms with van der Waals surface area (Å²) in [6.07, 6.45) is 0. The summed E-state index contributed by atoms with van der Waals surface area (Å²) >= 11 is 11.4. The van der Waals surface area contributed by atoms with Gasteiger partial charge in [-0.2, -0.15) is 0 Å². The molecule has 0 aliphatic rings. The number of carbonyl (C=O) groups is 1. The fraction of sp³-hybridized carbons (Fsp3) is 0.0833. The fourth-order valence-corrected chi connectivity index (χ4v) is 2.61. The van der Waals surface area contributed by atoms with Gasteiger partial charge < -0.3 is 10.1 Å². The molecule has 0 aliphatic carbocycles. The van der Waals surface area contributed by atoms with Crippen molar-refractivity contribution in [2.75, 3.05) is 12.4 Å². The van der Waals surface area contributed by atoms with Gasteiger partial charge >= 0.3 is 0 Å². The Morgan fingerprint density at radius 3 is 2.83 bits per heavy atom. The molecule has 0 saturated heterocycles. The Morgan fingerprint density at radius 2 is 2.22 bits per heavy atom. The van der Waals surface area contributed by atoms with Crippen molar-refractivity contribution in [2.24, 2.45) is 0 Å². The molecule has 3 nitrogen and oxygen atoms in total. The molecule has 18 heavy (non-hydrogen) atoms. The molecule has 0 spiro atoms. The topological polar surface area (TPSA) is 38.3 Å². The Kier molecular flexibility index (Phi) is 4.16. The first-order valence-electron chi connectivity index (χ1n) is 5.02. The quantitative estimate of drug-likeness (QED) is 0.842. The Morgan fingerprint density at radius 1 is 1.44 bits per heavy atom. The van der Waals surface area contributed by atoms with Crippen LogP contribution in [0.1, 0.15) is 9.67 Å². The highest BCUT2D eigenvalue weighted by Crippen LogP contribution is 2.28. The van der Waals surface area contributed by atoms with Gasteiger partial charge in [0.1, 0.15) is 5.75 Å². The number of anilines is 1. The third-order valence-corrected chi connectivity index (χ3v) is 3.89. The summed E-state index contributed by atoms with van der Waals surface area (Å²) in [6.45, 7) is 0. The van der Waals surface area contributed by atoms with Crippen LogP contribution in [0, 0.1) is 0 Å². The summed E-state index contributed by atoms with van der Waals surface area (Å²) in [5, 5.41) is 5.08. The largest absolute Gasteiger partial charge is 0.495 e. The highest BCUT2D eigenvalue weighted by Gasteiger charge is 2.10. The number of nitrogens with one attached hydrogen (secondary N) is 1. The molecule has 0 saturated carbocycles. The number of methoxy groups -OCH3 is 1. The smallest absolute Gasteiger partial charge is 0.265 e. The molecule has 0 atom stereocenters. The summed E-state index contributed by atoms with van der Waals surface area (Å²) in [5.74, 6) is 0.347. The summed E-state index contributed by atoms with van der Waals surface area (Å²) in [5.41, 5.74) is 0.635. The predicted octanol–water partition coefficient (Wildman–Crippen LogP) is 3.95. The number of ether oxygens (including phenoxy) is 1. The third kappa shape index (κ3) is 2.98. The minimum atomic E-state index is -0.176. The van der Waals surface area contributed by atoms with E-state index in [1.807, 2.05) is 0 Å². The molecular formula is C12H10ClNO2S2. The van der Waals surface area contributed by atoms with Crippen molar-refractivity contribution in [1.82, 2.24) is 0 Å². The normalized spacial score (nSPS) is 10.2. The monoisotopic (exact) mass is 299 g/mol. The van der Waals surface area contributed by atoms with Crippen LogP contribution in [0.2, 0.25) is 5.02 Å². The highest BCUT2D eigenvalue weighted by atomic mass is 35.5. The summed E-state index contributed by atoms with van der Waals surface area (Å²) in [7, 11) is 1.53. The van der Waals surface area contributed by atoms with E-state index in [9.17, 15) is 4.79 Å². The number of thiol groups is 1. The Bertz CT molecular complexity index is 583. The number of halogens is 1. The van der Waals surface area contributed by atoms with Gasteiger partial charge in [0.15, 0.2) is 0 Å². The zero-order valence-electron chi connectivity index (χ0n) is 9.44. The van der Waals surface area contributed by atoms with E-state index in [1.165, 1.54) is 18.4 Å². The van der Waals surface area contributed by atoms with Crippen molar-refractivity contribution in [1.29, 1.82) is 0 Å². The van der Waals surface area contributed by atoms with Gasteiger partial charge in [-0.1, -0.05) is 11.6 Å². The SMILES string of the molecule is COc1cc(NC(=O)c2cc(S)cs2)ccc1Cl. The van der Waals surface area contributed by atoms with Crippen LogP contribution in [0.4, 0.5) is 5.69 Å². The van der Waals surface area contributed by atoms with Crippen LogP contribution >= 0.6 is 35.6 Å². The number of carbonyl (C=O) groups excluding carboxylic acids is 1. The molecule has 2 rings (SSSR count). The molecule has 0 radical (unpaired) electrons. The predicted molar refractivity (Wildman–Crippen MR) is 77.5 cm³/mol. The average Bonchev–Trinajstić information content (AvgIpc) is 2.78. The van der Waals surface area contributed by atoms with Gasteiger partial charge in [0.2, 0.25) is 0 Å². The number of hydrogen-bond donors (Lipinski definition) is 2. The lowest BCUT2D eigenvalue weighted by molar-refractivity contribution is 0.103. The first-order chi connectivity index (χ1) is 8.60. The van der Waals surface area contributed by atoms with E-state index in [2.05, 4.69) is 17.9 Å². The molecule has 1 aromatic carbocycles. The summed E-state index contributed by atoms with van der Waals surface area (Å²) in [4.78, 5) is 13.3. The van der Waals surface area contributed by atoms with E-state index in [0.29, 0.717) is 21.3 Å². The lowest BCUT2D eigenvalue weighted by Gasteiger charge is -2.07. The molecule has 1 N–H and O–H groups in total. The van der Waals surface area contributed by atoms with E-state index >= 15 is 0 Å². The maximum absolute atomic E-state index is 11.9. The lowest BCUT2D eigenvalue weighted by atomic mass is 10.3. The molecule has 94 valence electrons. The van der Waals surface area contributed by atoms with E-state index in [-0.39, 0.29) is 5.91 Å². The van der Waals surface area contributed by atoms with Crippen LogP contribution in [0.5, 0.6) is 5.75 Å². The van der Waals surface area contributed by atoms with Gasteiger partial charge in [0.05, 0.1) is 17.0 Å². The Balaban J connectivity index is 2.16. The molecular weight excluding hydrogens is 290 g/mol. The number of thiophene rings is 1. The van der Waals surface area contributed by atoms with Crippen molar-refractivity contribution >= 4 is 47.2 Å². The van der Waals surface area contributed by atoms with Crippen molar-refractivity contribution < 1.29 is 9.53 Å². The zero-order chi connectivity index (χ0) is 13.1. The van der Waals surface area contributed by atoms with Crippen LogP contribution in [0.3, 0.4) is 0 Å². The number of benzene rings is 1. The van der Waals surface area contributed by atoms with E-state index in [1.54, 1.807) is 29.6 Å². The molecule has 0 fully saturated rings. The van der Waals surface area contributed by atoms with Gasteiger partial charge in [-0.3, -0.25) is 4.79 Å². The second-order valence-corrected chi connectivity index (χ2v) is 5.31. The molecule has 0 aliphatic heterocycles. The van der Waals surface area contributed by atoms with Crippen LogP contribution in [-0.2, 0) is 0 Å². The second-order valence-electron chi connectivity index (χ2n) is 3.47. The van der Waals surface area contributed by atoms with Crippen LogP contribution < -0.4 is 10.1 Å².